The van der Waals surface area contributed by atoms with E-state index in [1.54, 1.807) is 6.92 Å². The van der Waals surface area contributed by atoms with Gasteiger partial charge in [0.1, 0.15) is 12.6 Å². The van der Waals surface area contributed by atoms with E-state index >= 15 is 0 Å². The SMILES string of the molecule is CCCNC(=O)[C@H](C)N(Cc1ccc(C)cc1)C(=O)CN(c1ccc(C23CC4CC(CC(C4)C2)C3)cc1)S(C)(=O)=O. The molecule has 1 N–H and O–H groups in total. The molecule has 8 heteroatoms. The van der Waals surface area contributed by atoms with Crippen molar-refractivity contribution in [2.24, 2.45) is 17.8 Å². The molecule has 4 aliphatic carbocycles. The smallest absolute Gasteiger partial charge is 0.244 e. The van der Waals surface area contributed by atoms with E-state index in [-0.39, 0.29) is 24.4 Å². The molecule has 0 heterocycles. The summed E-state index contributed by atoms with van der Waals surface area (Å²) in [7, 11) is -3.76. The summed E-state index contributed by atoms with van der Waals surface area (Å²) in [5.74, 6) is 1.80. The molecule has 1 atom stereocenters. The zero-order valence-electron chi connectivity index (χ0n) is 24.9. The molecular weight excluding hydrogens is 534 g/mol. The maximum absolute atomic E-state index is 13.8. The third-order valence-electron chi connectivity index (χ3n) is 9.68. The lowest BCUT2D eigenvalue weighted by Crippen LogP contribution is -2.51. The number of benzene rings is 2. The fourth-order valence-corrected chi connectivity index (χ4v) is 8.78. The molecule has 4 fully saturated rings. The third-order valence-corrected chi connectivity index (χ3v) is 10.8. The van der Waals surface area contributed by atoms with Crippen LogP contribution in [-0.4, -0.2) is 50.5 Å². The summed E-state index contributed by atoms with van der Waals surface area (Å²) in [6, 6.07) is 15.0. The zero-order chi connectivity index (χ0) is 29.4. The van der Waals surface area contributed by atoms with Crippen LogP contribution < -0.4 is 9.62 Å². The number of carbonyl (C=O) groups is 2. The number of hydrogen-bond acceptors (Lipinski definition) is 4. The number of aryl methyl sites for hydroxylation is 1. The van der Waals surface area contributed by atoms with Crippen molar-refractivity contribution in [2.75, 3.05) is 23.7 Å². The molecule has 0 unspecified atom stereocenters. The van der Waals surface area contributed by atoms with Gasteiger partial charge in [0, 0.05) is 13.1 Å². The van der Waals surface area contributed by atoms with Crippen molar-refractivity contribution in [1.29, 1.82) is 0 Å². The van der Waals surface area contributed by atoms with E-state index < -0.39 is 22.0 Å². The quantitative estimate of drug-likeness (QED) is 0.398. The molecule has 222 valence electrons. The molecule has 4 bridgehead atoms. The Balaban J connectivity index is 1.37. The van der Waals surface area contributed by atoms with E-state index in [1.165, 1.54) is 53.3 Å². The van der Waals surface area contributed by atoms with Gasteiger partial charge in [0.15, 0.2) is 0 Å². The molecule has 7 nitrogen and oxygen atoms in total. The predicted octanol–water partition coefficient (Wildman–Crippen LogP) is 5.17. The maximum Gasteiger partial charge on any atom is 0.244 e. The van der Waals surface area contributed by atoms with Gasteiger partial charge in [0.25, 0.3) is 0 Å². The summed E-state index contributed by atoms with van der Waals surface area (Å²) in [4.78, 5) is 28.2. The van der Waals surface area contributed by atoms with E-state index in [2.05, 4.69) is 17.4 Å². The summed E-state index contributed by atoms with van der Waals surface area (Å²) in [6.45, 7) is 6.02. The van der Waals surface area contributed by atoms with Crippen LogP contribution >= 0.6 is 0 Å². The van der Waals surface area contributed by atoms with Crippen LogP contribution in [0.2, 0.25) is 0 Å². The van der Waals surface area contributed by atoms with Gasteiger partial charge in [-0.3, -0.25) is 13.9 Å². The standard InChI is InChI=1S/C33H45N3O4S/c1-5-14-34-32(38)24(3)35(21-25-8-6-23(2)7-9-25)31(37)22-36(41(4,39)40)30-12-10-29(11-13-30)33-18-26-15-27(19-33)17-28(16-26)20-33/h6-13,24,26-28H,5,14-22H2,1-4H3,(H,34,38)/t24-,26?,27?,28?,33?/m0/s1. The highest BCUT2D eigenvalue weighted by Crippen LogP contribution is 2.60. The number of nitrogens with zero attached hydrogens (tertiary/aromatic N) is 2. The number of sulfonamides is 1. The van der Waals surface area contributed by atoms with Crippen molar-refractivity contribution >= 4 is 27.5 Å². The second kappa shape index (κ2) is 11.8. The fraction of sp³-hybridized carbons (Fsp3) is 0.576. The Morgan fingerprint density at radius 2 is 1.51 bits per heavy atom. The van der Waals surface area contributed by atoms with E-state index in [0.717, 1.165) is 41.6 Å². The monoisotopic (exact) mass is 579 g/mol. The molecule has 2 amide bonds. The Morgan fingerprint density at radius 1 is 0.951 bits per heavy atom. The largest absolute Gasteiger partial charge is 0.354 e. The highest BCUT2D eigenvalue weighted by molar-refractivity contribution is 7.92. The molecule has 0 aliphatic heterocycles. The molecule has 2 aromatic rings. The van der Waals surface area contributed by atoms with Crippen LogP contribution in [0.25, 0.3) is 0 Å². The summed E-state index contributed by atoms with van der Waals surface area (Å²) in [6.07, 6.45) is 9.73. The van der Waals surface area contributed by atoms with E-state index in [4.69, 9.17) is 0 Å². The van der Waals surface area contributed by atoms with Gasteiger partial charge < -0.3 is 10.2 Å². The Kier molecular flexibility index (Phi) is 8.51. The van der Waals surface area contributed by atoms with Crippen LogP contribution in [0.1, 0.15) is 75.5 Å². The maximum atomic E-state index is 13.8. The zero-order valence-corrected chi connectivity index (χ0v) is 25.8. The van der Waals surface area contributed by atoms with Gasteiger partial charge >= 0.3 is 0 Å². The van der Waals surface area contributed by atoms with Crippen molar-refractivity contribution in [3.63, 3.8) is 0 Å². The number of anilines is 1. The van der Waals surface area contributed by atoms with E-state index in [1.807, 2.05) is 50.2 Å². The first-order valence-electron chi connectivity index (χ1n) is 15.2. The lowest BCUT2D eigenvalue weighted by Gasteiger charge is -2.57. The van der Waals surface area contributed by atoms with Gasteiger partial charge in [-0.1, -0.05) is 48.9 Å². The topological polar surface area (TPSA) is 86.8 Å². The first-order chi connectivity index (χ1) is 19.5. The molecule has 2 aromatic carbocycles. The van der Waals surface area contributed by atoms with Gasteiger partial charge in [0.05, 0.1) is 11.9 Å². The second-order valence-corrected chi connectivity index (χ2v) is 14.9. The lowest BCUT2D eigenvalue weighted by molar-refractivity contribution is -0.139. The molecular formula is C33H45N3O4S. The van der Waals surface area contributed by atoms with E-state index in [9.17, 15) is 18.0 Å². The van der Waals surface area contributed by atoms with Crippen LogP contribution in [0.5, 0.6) is 0 Å². The Hall–Kier alpha value is -2.87. The van der Waals surface area contributed by atoms with Gasteiger partial charge in [-0.2, -0.15) is 0 Å². The normalized spacial score (nSPS) is 25.5. The predicted molar refractivity (Wildman–Crippen MR) is 163 cm³/mol. The second-order valence-electron chi connectivity index (χ2n) is 13.0. The summed E-state index contributed by atoms with van der Waals surface area (Å²) in [5.41, 5.74) is 3.98. The van der Waals surface area contributed by atoms with Gasteiger partial charge in [-0.15, -0.1) is 0 Å². The van der Waals surface area contributed by atoms with Crippen LogP contribution in [0.3, 0.4) is 0 Å². The third kappa shape index (κ3) is 6.47. The minimum atomic E-state index is -3.76. The van der Waals surface area contributed by atoms with Crippen molar-refractivity contribution in [3.05, 3.63) is 65.2 Å². The van der Waals surface area contributed by atoms with Crippen LogP contribution in [0, 0.1) is 24.7 Å². The number of carbonyl (C=O) groups excluding carboxylic acids is 2. The molecule has 4 saturated carbocycles. The van der Waals surface area contributed by atoms with Crippen molar-refractivity contribution in [1.82, 2.24) is 10.2 Å². The number of hydrogen-bond donors (Lipinski definition) is 1. The molecule has 0 saturated heterocycles. The first kappa shape index (κ1) is 29.6. The van der Waals surface area contributed by atoms with Gasteiger partial charge in [-0.05, 0) is 105 Å². The number of rotatable bonds is 11. The summed E-state index contributed by atoms with van der Waals surface area (Å²) >= 11 is 0. The Morgan fingerprint density at radius 3 is 2.02 bits per heavy atom. The molecule has 0 spiro atoms. The Bertz CT molecular complexity index is 1320. The first-order valence-corrected chi connectivity index (χ1v) is 17.0. The average molecular weight is 580 g/mol. The van der Waals surface area contributed by atoms with Crippen molar-refractivity contribution in [2.45, 2.75) is 83.7 Å². The fourth-order valence-electron chi connectivity index (χ4n) is 7.93. The van der Waals surface area contributed by atoms with Crippen LogP contribution in [0.4, 0.5) is 5.69 Å². The minimum absolute atomic E-state index is 0.211. The summed E-state index contributed by atoms with van der Waals surface area (Å²) < 4.78 is 27.2. The van der Waals surface area contributed by atoms with Gasteiger partial charge in [0.2, 0.25) is 21.8 Å². The highest BCUT2D eigenvalue weighted by Gasteiger charge is 2.51. The lowest BCUT2D eigenvalue weighted by atomic mass is 9.48. The highest BCUT2D eigenvalue weighted by atomic mass is 32.2. The molecule has 41 heavy (non-hydrogen) atoms. The minimum Gasteiger partial charge on any atom is -0.354 e. The summed E-state index contributed by atoms with van der Waals surface area (Å²) in [5, 5.41) is 2.87. The Labute approximate surface area is 245 Å². The number of amides is 2. The molecule has 0 aromatic heterocycles. The average Bonchev–Trinajstić information content (AvgIpc) is 2.92. The van der Waals surface area contributed by atoms with Crippen LogP contribution in [-0.2, 0) is 31.6 Å². The van der Waals surface area contributed by atoms with Crippen molar-refractivity contribution in [3.8, 4) is 0 Å². The van der Waals surface area contributed by atoms with Crippen LogP contribution in [0.15, 0.2) is 48.5 Å². The van der Waals surface area contributed by atoms with Crippen molar-refractivity contribution < 1.29 is 18.0 Å². The van der Waals surface area contributed by atoms with E-state index in [0.29, 0.717) is 12.2 Å². The molecule has 0 radical (unpaired) electrons. The molecule has 4 aliphatic rings. The molecule has 6 rings (SSSR count). The van der Waals surface area contributed by atoms with Gasteiger partial charge in [-0.25, -0.2) is 8.42 Å². The number of nitrogens with one attached hydrogen (secondary N) is 1.